The molecule has 1 heterocycles. The first-order valence-electron chi connectivity index (χ1n) is 9.38. The molecular formula is C23H18ClNO6S. The minimum absolute atomic E-state index is 0.255. The Balaban J connectivity index is 1.90. The Kier molecular flexibility index (Phi) is 5.68. The van der Waals surface area contributed by atoms with E-state index in [-0.39, 0.29) is 10.5 Å². The first-order chi connectivity index (χ1) is 15.2. The number of rotatable bonds is 5. The van der Waals surface area contributed by atoms with Crippen molar-refractivity contribution in [2.75, 3.05) is 14.2 Å². The van der Waals surface area contributed by atoms with Gasteiger partial charge in [0.2, 0.25) is 0 Å². The van der Waals surface area contributed by atoms with E-state index in [1.807, 2.05) is 12.1 Å². The highest BCUT2D eigenvalue weighted by molar-refractivity contribution is 7.85. The van der Waals surface area contributed by atoms with Gasteiger partial charge in [0.15, 0.2) is 0 Å². The number of benzene rings is 3. The Labute approximate surface area is 189 Å². The zero-order valence-electron chi connectivity index (χ0n) is 17.1. The highest BCUT2D eigenvalue weighted by Crippen LogP contribution is 2.34. The molecule has 0 spiro atoms. The Morgan fingerprint density at radius 1 is 0.844 bits per heavy atom. The summed E-state index contributed by atoms with van der Waals surface area (Å²) in [7, 11) is -1.34. The topological polar surface area (TPSA) is 94.8 Å². The third kappa shape index (κ3) is 3.95. The number of fused-ring (bicyclic) bond motifs is 1. The molecule has 1 aromatic heterocycles. The van der Waals surface area contributed by atoms with Gasteiger partial charge in [-0.15, -0.1) is 0 Å². The third-order valence-corrected chi connectivity index (χ3v) is 6.23. The van der Waals surface area contributed by atoms with Crippen molar-refractivity contribution in [1.29, 1.82) is 0 Å². The molecule has 4 rings (SSSR count). The maximum absolute atomic E-state index is 12.8. The summed E-state index contributed by atoms with van der Waals surface area (Å²) in [4.78, 5) is 12.5. The molecule has 0 bridgehead atoms. The third-order valence-electron chi connectivity index (χ3n) is 5.07. The van der Waals surface area contributed by atoms with Crippen LogP contribution in [0.15, 0.2) is 76.4 Å². The van der Waals surface area contributed by atoms with Crippen LogP contribution in [0.3, 0.4) is 0 Å². The van der Waals surface area contributed by atoms with Crippen LogP contribution in [0, 0.1) is 0 Å². The van der Waals surface area contributed by atoms with Crippen molar-refractivity contribution < 1.29 is 22.4 Å². The minimum Gasteiger partial charge on any atom is -0.495 e. The molecule has 32 heavy (non-hydrogen) atoms. The number of hydrogen-bond acceptors (Lipinski definition) is 5. The molecule has 164 valence electrons. The molecule has 3 aromatic carbocycles. The van der Waals surface area contributed by atoms with E-state index in [2.05, 4.69) is 0 Å². The van der Waals surface area contributed by atoms with Crippen molar-refractivity contribution >= 4 is 32.6 Å². The number of methoxy groups -OCH3 is 2. The lowest BCUT2D eigenvalue weighted by molar-refractivity contribution is 0.413. The second kappa shape index (κ2) is 8.31. The fraction of sp³-hybridized carbons (Fsp3) is 0.0870. The highest BCUT2D eigenvalue weighted by atomic mass is 35.5. The first-order valence-corrected chi connectivity index (χ1v) is 11.2. The molecule has 0 saturated carbocycles. The van der Waals surface area contributed by atoms with Gasteiger partial charge in [-0.3, -0.25) is 13.9 Å². The summed E-state index contributed by atoms with van der Waals surface area (Å²) >= 11 is 6.12. The van der Waals surface area contributed by atoms with E-state index in [1.165, 1.54) is 49.1 Å². The van der Waals surface area contributed by atoms with Crippen molar-refractivity contribution in [3.8, 4) is 28.3 Å². The maximum Gasteiger partial charge on any atom is 0.294 e. The van der Waals surface area contributed by atoms with Crippen LogP contribution in [-0.2, 0) is 10.1 Å². The smallest absolute Gasteiger partial charge is 0.294 e. The van der Waals surface area contributed by atoms with E-state index in [0.29, 0.717) is 33.1 Å². The van der Waals surface area contributed by atoms with Gasteiger partial charge in [0.25, 0.3) is 15.7 Å². The molecule has 0 atom stereocenters. The molecule has 0 aliphatic rings. The van der Waals surface area contributed by atoms with Crippen LogP contribution in [0.1, 0.15) is 0 Å². The lowest BCUT2D eigenvalue weighted by atomic mass is 10.0. The van der Waals surface area contributed by atoms with Crippen LogP contribution in [0.4, 0.5) is 0 Å². The predicted octanol–water partition coefficient (Wildman–Crippen LogP) is 4.58. The van der Waals surface area contributed by atoms with Gasteiger partial charge in [-0.25, -0.2) is 0 Å². The number of ether oxygens (including phenoxy) is 2. The fourth-order valence-electron chi connectivity index (χ4n) is 3.51. The first kappa shape index (κ1) is 21.9. The van der Waals surface area contributed by atoms with E-state index in [4.69, 9.17) is 21.1 Å². The van der Waals surface area contributed by atoms with Crippen LogP contribution in [0.2, 0.25) is 5.02 Å². The Morgan fingerprint density at radius 2 is 1.50 bits per heavy atom. The highest BCUT2D eigenvalue weighted by Gasteiger charge is 2.15. The molecule has 0 unspecified atom stereocenters. The Morgan fingerprint density at radius 3 is 2.16 bits per heavy atom. The van der Waals surface area contributed by atoms with Crippen LogP contribution in [0.25, 0.3) is 27.7 Å². The SMILES string of the molecule is COc1cc(-c2ccc(-n3c(=O)ccc4cc(S(=O)(=O)O)ccc43)c(OC)c2)ccc1Cl. The van der Waals surface area contributed by atoms with Gasteiger partial charge < -0.3 is 9.47 Å². The number of halogens is 1. The lowest BCUT2D eigenvalue weighted by Gasteiger charge is -2.16. The second-order valence-corrected chi connectivity index (χ2v) is 8.77. The van der Waals surface area contributed by atoms with E-state index < -0.39 is 10.1 Å². The summed E-state index contributed by atoms with van der Waals surface area (Å²) in [5, 5.41) is 0.958. The second-order valence-electron chi connectivity index (χ2n) is 6.94. The Bertz CT molecular complexity index is 1510. The molecule has 0 fully saturated rings. The van der Waals surface area contributed by atoms with Crippen molar-refractivity contribution in [1.82, 2.24) is 4.57 Å². The van der Waals surface area contributed by atoms with Gasteiger partial charge in [0.1, 0.15) is 11.5 Å². The summed E-state index contributed by atoms with van der Waals surface area (Å²) in [6.07, 6.45) is 0. The van der Waals surface area contributed by atoms with E-state index >= 15 is 0 Å². The molecule has 0 radical (unpaired) electrons. The number of nitrogens with zero attached hydrogens (tertiary/aromatic N) is 1. The number of hydrogen-bond donors (Lipinski definition) is 1. The molecule has 9 heteroatoms. The summed E-state index contributed by atoms with van der Waals surface area (Å²) in [6, 6.07) is 17.6. The fourth-order valence-corrected chi connectivity index (χ4v) is 4.22. The van der Waals surface area contributed by atoms with Crippen molar-refractivity contribution in [2.24, 2.45) is 0 Å². The van der Waals surface area contributed by atoms with E-state index in [0.717, 1.165) is 11.1 Å². The molecular weight excluding hydrogens is 454 g/mol. The lowest BCUT2D eigenvalue weighted by Crippen LogP contribution is -2.18. The van der Waals surface area contributed by atoms with Crippen LogP contribution in [0.5, 0.6) is 11.5 Å². The molecule has 0 amide bonds. The quantitative estimate of drug-likeness (QED) is 0.428. The summed E-state index contributed by atoms with van der Waals surface area (Å²) < 4.78 is 44.6. The number of pyridine rings is 1. The summed E-state index contributed by atoms with van der Waals surface area (Å²) in [5.74, 6) is 0.969. The predicted molar refractivity (Wildman–Crippen MR) is 123 cm³/mol. The monoisotopic (exact) mass is 471 g/mol. The molecule has 0 saturated heterocycles. The van der Waals surface area contributed by atoms with E-state index in [9.17, 15) is 17.8 Å². The van der Waals surface area contributed by atoms with Crippen LogP contribution >= 0.6 is 11.6 Å². The molecule has 0 aliphatic carbocycles. The molecule has 0 aliphatic heterocycles. The van der Waals surface area contributed by atoms with Gasteiger partial charge in [0.05, 0.1) is 35.3 Å². The number of aromatic nitrogens is 1. The van der Waals surface area contributed by atoms with E-state index in [1.54, 1.807) is 24.3 Å². The minimum atomic E-state index is -4.37. The zero-order chi connectivity index (χ0) is 23.0. The zero-order valence-corrected chi connectivity index (χ0v) is 18.6. The summed E-state index contributed by atoms with van der Waals surface area (Å²) in [6.45, 7) is 0. The Hall–Kier alpha value is -3.33. The maximum atomic E-state index is 12.8. The van der Waals surface area contributed by atoms with Gasteiger partial charge >= 0.3 is 0 Å². The average molecular weight is 472 g/mol. The van der Waals surface area contributed by atoms with Gasteiger partial charge in [-0.05, 0) is 59.7 Å². The molecule has 1 N–H and O–H groups in total. The van der Waals surface area contributed by atoms with Crippen molar-refractivity contribution in [3.63, 3.8) is 0 Å². The van der Waals surface area contributed by atoms with Crippen LogP contribution < -0.4 is 15.0 Å². The molecule has 4 aromatic rings. The molecule has 7 nitrogen and oxygen atoms in total. The van der Waals surface area contributed by atoms with Crippen LogP contribution in [-0.4, -0.2) is 31.8 Å². The van der Waals surface area contributed by atoms with Gasteiger partial charge in [-0.1, -0.05) is 23.7 Å². The van der Waals surface area contributed by atoms with Crippen molar-refractivity contribution in [3.05, 3.63) is 82.1 Å². The average Bonchev–Trinajstić information content (AvgIpc) is 2.78. The summed E-state index contributed by atoms with van der Waals surface area (Å²) in [5.41, 5.74) is 2.29. The largest absolute Gasteiger partial charge is 0.495 e. The van der Waals surface area contributed by atoms with Gasteiger partial charge in [-0.2, -0.15) is 8.42 Å². The normalized spacial score (nSPS) is 11.5. The van der Waals surface area contributed by atoms with Gasteiger partial charge in [0, 0.05) is 11.5 Å². The van der Waals surface area contributed by atoms with Crippen molar-refractivity contribution in [2.45, 2.75) is 4.90 Å². The standard InChI is InChI=1S/C23H18ClNO6S/c1-30-21-12-14(3-7-18(21)24)15-4-8-20(22(13-15)31-2)25-19-9-6-17(32(27,28)29)11-16(19)5-10-23(25)26/h3-13H,1-2H3,(H,27,28,29).